The first kappa shape index (κ1) is 26.5. The average Bonchev–Trinajstić information content (AvgIpc) is 3.22. The van der Waals surface area contributed by atoms with Gasteiger partial charge in [0.1, 0.15) is 22.9 Å². The molecule has 38 heavy (non-hydrogen) atoms. The summed E-state index contributed by atoms with van der Waals surface area (Å²) in [6.07, 6.45) is -0.435. The Kier molecular flexibility index (Phi) is 7.79. The van der Waals surface area contributed by atoms with Crippen molar-refractivity contribution in [2.24, 2.45) is 0 Å². The molecule has 1 aromatic carbocycles. The monoisotopic (exact) mass is 527 g/mol. The highest BCUT2D eigenvalue weighted by atomic mass is 19.4. The van der Waals surface area contributed by atoms with Crippen molar-refractivity contribution in [3.63, 3.8) is 0 Å². The molecule has 4 aromatic rings. The van der Waals surface area contributed by atoms with Crippen LogP contribution in [-0.4, -0.2) is 57.9 Å². The lowest BCUT2D eigenvalue weighted by Gasteiger charge is -2.31. The van der Waals surface area contributed by atoms with E-state index in [2.05, 4.69) is 20.2 Å². The Morgan fingerprint density at radius 3 is 2.45 bits per heavy atom. The maximum Gasteiger partial charge on any atom is 0.490 e. The Balaban J connectivity index is 0.000000426. The van der Waals surface area contributed by atoms with Gasteiger partial charge in [-0.15, -0.1) is 0 Å². The van der Waals surface area contributed by atoms with Crippen LogP contribution in [0.1, 0.15) is 22.5 Å². The lowest BCUT2D eigenvalue weighted by atomic mass is 10.2. The molecule has 198 valence electrons. The van der Waals surface area contributed by atoms with Gasteiger partial charge in [-0.1, -0.05) is 12.1 Å². The molecule has 0 spiro atoms. The highest BCUT2D eigenvalue weighted by Gasteiger charge is 2.38. The van der Waals surface area contributed by atoms with Crippen molar-refractivity contribution in [1.82, 2.24) is 14.5 Å². The predicted octanol–water partition coefficient (Wildman–Crippen LogP) is 4.58. The molecule has 1 fully saturated rings. The van der Waals surface area contributed by atoms with Crippen LogP contribution in [-0.2, 0) is 11.3 Å². The molecule has 4 heterocycles. The van der Waals surface area contributed by atoms with Gasteiger partial charge >= 0.3 is 12.1 Å². The number of nitrogens with one attached hydrogen (secondary N) is 1. The third-order valence-corrected chi connectivity index (χ3v) is 5.79. The van der Waals surface area contributed by atoms with Crippen LogP contribution < -0.4 is 15.0 Å². The van der Waals surface area contributed by atoms with E-state index < -0.39 is 12.1 Å². The molecule has 12 heteroatoms. The van der Waals surface area contributed by atoms with Gasteiger partial charge in [0.25, 0.3) is 5.91 Å². The summed E-state index contributed by atoms with van der Waals surface area (Å²) in [6, 6.07) is 17.4. The van der Waals surface area contributed by atoms with E-state index in [1.54, 1.807) is 19.5 Å². The summed E-state index contributed by atoms with van der Waals surface area (Å²) >= 11 is 0. The standard InChI is InChI=1S/C24H23N5O2.C2HF3O2/c1-31-20-7-2-5-17(13-20)16-29-21(14-18-6-3-10-25-23(18)29)24(30)27-19-8-9-22(26-15-19)28-11-4-12-28;3-2(4,5)1(6)7/h2-3,5-10,13-15H,4,11-12,16H2,1H3,(H,27,30);(H,6,7). The van der Waals surface area contributed by atoms with Crippen LogP contribution in [0.5, 0.6) is 5.75 Å². The smallest absolute Gasteiger partial charge is 0.490 e. The van der Waals surface area contributed by atoms with E-state index in [0.717, 1.165) is 41.3 Å². The summed E-state index contributed by atoms with van der Waals surface area (Å²) < 4.78 is 39.0. The van der Waals surface area contributed by atoms with Crippen molar-refractivity contribution < 1.29 is 32.6 Å². The number of aromatic nitrogens is 3. The van der Waals surface area contributed by atoms with E-state index in [1.807, 2.05) is 59.2 Å². The highest BCUT2D eigenvalue weighted by molar-refractivity contribution is 6.06. The quantitative estimate of drug-likeness (QED) is 0.378. The Bertz CT molecular complexity index is 1430. The molecule has 0 atom stereocenters. The number of nitrogens with zero attached hydrogens (tertiary/aromatic N) is 4. The lowest BCUT2D eigenvalue weighted by Crippen LogP contribution is -2.37. The van der Waals surface area contributed by atoms with Gasteiger partial charge in [0.05, 0.1) is 19.0 Å². The number of rotatable bonds is 6. The second-order valence-corrected chi connectivity index (χ2v) is 8.39. The number of carbonyl (C=O) groups excluding carboxylic acids is 1. The number of methoxy groups -OCH3 is 1. The van der Waals surface area contributed by atoms with Crippen LogP contribution in [0, 0.1) is 0 Å². The number of amides is 1. The van der Waals surface area contributed by atoms with Crippen LogP contribution in [0.4, 0.5) is 24.7 Å². The number of carboxylic acids is 1. The van der Waals surface area contributed by atoms with Crippen LogP contribution in [0.25, 0.3) is 11.0 Å². The van der Waals surface area contributed by atoms with Gasteiger partial charge in [-0.25, -0.2) is 14.8 Å². The van der Waals surface area contributed by atoms with Crippen LogP contribution in [0.15, 0.2) is 67.0 Å². The second-order valence-electron chi connectivity index (χ2n) is 8.39. The molecule has 9 nitrogen and oxygen atoms in total. The van der Waals surface area contributed by atoms with Gasteiger partial charge < -0.3 is 24.6 Å². The van der Waals surface area contributed by atoms with Gasteiger partial charge in [0.2, 0.25) is 0 Å². The summed E-state index contributed by atoms with van der Waals surface area (Å²) in [7, 11) is 1.64. The molecule has 1 saturated heterocycles. The minimum Gasteiger partial charge on any atom is -0.497 e. The first-order valence-electron chi connectivity index (χ1n) is 11.6. The number of ether oxygens (including phenoxy) is 1. The summed E-state index contributed by atoms with van der Waals surface area (Å²) in [6.45, 7) is 2.58. The summed E-state index contributed by atoms with van der Waals surface area (Å²) in [5, 5.41) is 11.0. The molecule has 0 bridgehead atoms. The Morgan fingerprint density at radius 2 is 1.84 bits per heavy atom. The fourth-order valence-corrected chi connectivity index (χ4v) is 3.78. The third-order valence-electron chi connectivity index (χ3n) is 5.79. The van der Waals surface area contributed by atoms with Crippen LogP contribution >= 0.6 is 0 Å². The van der Waals surface area contributed by atoms with Crippen molar-refractivity contribution >= 4 is 34.4 Å². The molecule has 0 saturated carbocycles. The predicted molar refractivity (Wildman–Crippen MR) is 135 cm³/mol. The third kappa shape index (κ3) is 6.20. The first-order valence-corrected chi connectivity index (χ1v) is 11.6. The number of hydrogen-bond donors (Lipinski definition) is 2. The van der Waals surface area contributed by atoms with Crippen LogP contribution in [0.2, 0.25) is 0 Å². The van der Waals surface area contributed by atoms with Gasteiger partial charge in [-0.2, -0.15) is 13.2 Å². The van der Waals surface area contributed by atoms with Crippen molar-refractivity contribution in [3.05, 3.63) is 78.2 Å². The van der Waals surface area contributed by atoms with E-state index in [1.165, 1.54) is 6.42 Å². The van der Waals surface area contributed by atoms with E-state index in [4.69, 9.17) is 14.6 Å². The Labute approximate surface area is 215 Å². The van der Waals surface area contributed by atoms with Crippen molar-refractivity contribution in [1.29, 1.82) is 0 Å². The fraction of sp³-hybridized carbons (Fsp3) is 0.231. The molecule has 1 amide bonds. The zero-order valence-electron chi connectivity index (χ0n) is 20.3. The number of aliphatic carboxylic acids is 1. The number of carbonyl (C=O) groups is 2. The summed E-state index contributed by atoms with van der Waals surface area (Å²) in [5.41, 5.74) is 3.00. The summed E-state index contributed by atoms with van der Waals surface area (Å²) in [4.78, 5) is 33.3. The van der Waals surface area contributed by atoms with Crippen LogP contribution in [0.3, 0.4) is 0 Å². The number of halogens is 3. The Morgan fingerprint density at radius 1 is 1.08 bits per heavy atom. The molecular formula is C26H24F3N5O4. The molecular weight excluding hydrogens is 503 g/mol. The minimum atomic E-state index is -5.08. The van der Waals surface area contributed by atoms with Gasteiger partial charge in [-0.3, -0.25) is 4.79 Å². The fourth-order valence-electron chi connectivity index (χ4n) is 3.78. The molecule has 0 unspecified atom stereocenters. The molecule has 0 radical (unpaired) electrons. The molecule has 5 rings (SSSR count). The van der Waals surface area contributed by atoms with Crippen molar-refractivity contribution in [2.75, 3.05) is 30.4 Å². The molecule has 0 aliphatic carbocycles. The highest BCUT2D eigenvalue weighted by Crippen LogP contribution is 2.23. The van der Waals surface area contributed by atoms with E-state index >= 15 is 0 Å². The molecule has 2 N–H and O–H groups in total. The number of fused-ring (bicyclic) bond motifs is 1. The number of carboxylic acid groups (broad SMARTS) is 1. The van der Waals surface area contributed by atoms with E-state index in [-0.39, 0.29) is 5.91 Å². The lowest BCUT2D eigenvalue weighted by molar-refractivity contribution is -0.192. The summed E-state index contributed by atoms with van der Waals surface area (Å²) in [5.74, 6) is -1.23. The zero-order chi connectivity index (χ0) is 27.3. The van der Waals surface area contributed by atoms with Gasteiger partial charge in [-0.05, 0) is 54.4 Å². The minimum absolute atomic E-state index is 0.195. The number of alkyl halides is 3. The normalized spacial score (nSPS) is 12.8. The first-order chi connectivity index (χ1) is 18.2. The van der Waals surface area contributed by atoms with E-state index in [0.29, 0.717) is 17.9 Å². The van der Waals surface area contributed by atoms with Gasteiger partial charge in [0, 0.05) is 31.2 Å². The molecule has 1 aliphatic heterocycles. The molecule has 1 aliphatic rings. The number of hydrogen-bond acceptors (Lipinski definition) is 6. The second kappa shape index (κ2) is 11.2. The molecule has 3 aromatic heterocycles. The maximum atomic E-state index is 13.2. The van der Waals surface area contributed by atoms with E-state index in [9.17, 15) is 18.0 Å². The topological polar surface area (TPSA) is 110 Å². The van der Waals surface area contributed by atoms with Crippen molar-refractivity contribution in [2.45, 2.75) is 19.1 Å². The maximum absolute atomic E-state index is 13.2. The number of pyridine rings is 2. The van der Waals surface area contributed by atoms with Crippen molar-refractivity contribution in [3.8, 4) is 5.75 Å². The largest absolute Gasteiger partial charge is 0.497 e. The number of benzene rings is 1. The van der Waals surface area contributed by atoms with Gasteiger partial charge in [0.15, 0.2) is 0 Å². The SMILES string of the molecule is COc1cccc(Cn2c(C(=O)Nc3ccc(N4CCC4)nc3)cc3cccnc32)c1.O=C(O)C(F)(F)F. The zero-order valence-corrected chi connectivity index (χ0v) is 20.3. The number of anilines is 2. The average molecular weight is 528 g/mol. The Hall–Kier alpha value is -4.61.